The highest BCUT2D eigenvalue weighted by Crippen LogP contribution is 2.40. The van der Waals surface area contributed by atoms with Crippen LogP contribution in [0.3, 0.4) is 0 Å². The average Bonchev–Trinajstić information content (AvgIpc) is 3.18. The van der Waals surface area contributed by atoms with E-state index in [1.165, 1.54) is 23.7 Å². The maximum atomic E-state index is 13.1. The number of hydrogen-bond donors (Lipinski definition) is 1. The van der Waals surface area contributed by atoms with Gasteiger partial charge in [-0.15, -0.1) is 10.2 Å². The topological polar surface area (TPSA) is 94.3 Å². The maximum absolute atomic E-state index is 13.1. The lowest BCUT2D eigenvalue weighted by Crippen LogP contribution is -2.09. The number of thioether (sulfide) groups is 1. The van der Waals surface area contributed by atoms with Crippen LogP contribution >= 0.6 is 11.8 Å². The molecular weight excluding hydrogens is 410 g/mol. The van der Waals surface area contributed by atoms with Crippen molar-refractivity contribution < 1.29 is 4.79 Å². The summed E-state index contributed by atoms with van der Waals surface area (Å²) >= 11 is 1.45. The third kappa shape index (κ3) is 3.93. The van der Waals surface area contributed by atoms with Crippen LogP contribution in [0.5, 0.6) is 0 Å². The third-order valence-electron chi connectivity index (χ3n) is 5.55. The molecule has 0 aliphatic heterocycles. The van der Waals surface area contributed by atoms with Crippen molar-refractivity contribution in [2.75, 3.05) is 5.75 Å². The van der Waals surface area contributed by atoms with Gasteiger partial charge in [-0.2, -0.15) is 10.1 Å². The summed E-state index contributed by atoms with van der Waals surface area (Å²) in [5.41, 5.74) is 3.68. The highest BCUT2D eigenvalue weighted by Gasteiger charge is 2.30. The van der Waals surface area contributed by atoms with Crippen molar-refractivity contribution in [1.82, 2.24) is 34.5 Å². The second-order valence-corrected chi connectivity index (χ2v) is 8.77. The van der Waals surface area contributed by atoms with E-state index in [0.717, 1.165) is 41.8 Å². The lowest BCUT2D eigenvalue weighted by Gasteiger charge is -2.10. The van der Waals surface area contributed by atoms with Crippen molar-refractivity contribution >= 4 is 17.5 Å². The molecule has 4 aromatic rings. The summed E-state index contributed by atoms with van der Waals surface area (Å²) in [6, 6.07) is 12.2. The first kappa shape index (κ1) is 19.7. The number of aromatic nitrogens is 7. The third-order valence-corrected chi connectivity index (χ3v) is 6.52. The van der Waals surface area contributed by atoms with E-state index < -0.39 is 0 Å². The minimum atomic E-state index is 0.0612. The number of aryl methyl sites for hydroxylation is 1. The van der Waals surface area contributed by atoms with Crippen LogP contribution in [0.2, 0.25) is 0 Å². The number of H-pyrrole nitrogens is 1. The molecule has 1 fully saturated rings. The lowest BCUT2D eigenvalue weighted by molar-refractivity contribution is 0.102. The molecule has 1 aliphatic carbocycles. The quantitative estimate of drug-likeness (QED) is 0.336. The fourth-order valence-electron chi connectivity index (χ4n) is 3.85. The number of ketones is 1. The Balaban J connectivity index is 1.36. The molecule has 0 radical (unpaired) electrons. The molecule has 1 saturated carbocycles. The van der Waals surface area contributed by atoms with Crippen LogP contribution in [0.4, 0.5) is 0 Å². The molecule has 0 bridgehead atoms. The smallest absolute Gasteiger partial charge is 0.229 e. The second kappa shape index (κ2) is 8.14. The summed E-state index contributed by atoms with van der Waals surface area (Å²) in [6.07, 6.45) is 3.77. The van der Waals surface area contributed by atoms with Gasteiger partial charge in [0, 0.05) is 22.9 Å². The molecule has 0 atom stereocenters. The summed E-state index contributed by atoms with van der Waals surface area (Å²) in [7, 11) is 0. The molecule has 3 heterocycles. The van der Waals surface area contributed by atoms with Gasteiger partial charge in [0.2, 0.25) is 5.95 Å². The Morgan fingerprint density at radius 3 is 2.71 bits per heavy atom. The molecule has 9 heteroatoms. The second-order valence-electron chi connectivity index (χ2n) is 7.83. The highest BCUT2D eigenvalue weighted by molar-refractivity contribution is 7.99. The molecule has 1 aromatic carbocycles. The highest BCUT2D eigenvalue weighted by atomic mass is 32.2. The Morgan fingerprint density at radius 2 is 2.00 bits per heavy atom. The van der Waals surface area contributed by atoms with Crippen LogP contribution in [0.15, 0.2) is 47.9 Å². The number of aromatic amines is 1. The maximum Gasteiger partial charge on any atom is 0.229 e. The fourth-order valence-corrected chi connectivity index (χ4v) is 4.68. The minimum absolute atomic E-state index is 0.0612. The van der Waals surface area contributed by atoms with E-state index in [9.17, 15) is 4.79 Å². The number of carbonyl (C=O) groups excluding carboxylic acids is 1. The van der Waals surface area contributed by atoms with E-state index in [1.807, 2.05) is 42.7 Å². The van der Waals surface area contributed by atoms with Gasteiger partial charge >= 0.3 is 0 Å². The molecular formula is C22H23N7OS. The normalized spacial score (nSPS) is 13.6. The number of carbonyl (C=O) groups is 1. The van der Waals surface area contributed by atoms with E-state index in [4.69, 9.17) is 0 Å². The van der Waals surface area contributed by atoms with Crippen molar-refractivity contribution in [3.63, 3.8) is 0 Å². The van der Waals surface area contributed by atoms with E-state index in [0.29, 0.717) is 23.2 Å². The van der Waals surface area contributed by atoms with Crippen LogP contribution in [0.1, 0.15) is 51.9 Å². The SMILES string of the molecule is Cc1cc(C(=O)CSc2nnc(C3CC3)n2Cc2ccccc2)c(C)n1-c1ncn[nH]1. The van der Waals surface area contributed by atoms with Gasteiger partial charge in [0.05, 0.1) is 12.3 Å². The summed E-state index contributed by atoms with van der Waals surface area (Å²) < 4.78 is 4.08. The predicted octanol–water partition coefficient (Wildman–Crippen LogP) is 3.70. The molecule has 1 aliphatic rings. The standard InChI is InChI=1S/C22H23N7OS/c1-14-10-18(15(2)29(14)21-23-13-24-26-21)19(30)12-31-22-27-25-20(17-8-9-17)28(22)11-16-6-4-3-5-7-16/h3-7,10,13,17H,8-9,11-12H2,1-2H3,(H,23,24,26). The van der Waals surface area contributed by atoms with Gasteiger partial charge in [0.25, 0.3) is 0 Å². The van der Waals surface area contributed by atoms with Crippen molar-refractivity contribution in [3.05, 3.63) is 71.1 Å². The Labute approximate surface area is 184 Å². The largest absolute Gasteiger partial charge is 0.301 e. The first-order chi connectivity index (χ1) is 15.1. The molecule has 158 valence electrons. The molecule has 3 aromatic heterocycles. The Bertz CT molecular complexity index is 1210. The average molecular weight is 434 g/mol. The van der Waals surface area contributed by atoms with Gasteiger partial charge in [-0.1, -0.05) is 42.1 Å². The molecule has 8 nitrogen and oxygen atoms in total. The van der Waals surface area contributed by atoms with E-state index in [1.54, 1.807) is 0 Å². The number of rotatable bonds is 8. The van der Waals surface area contributed by atoms with Gasteiger partial charge in [-0.25, -0.2) is 5.10 Å². The Hall–Kier alpha value is -3.20. The van der Waals surface area contributed by atoms with Crippen molar-refractivity contribution in [2.45, 2.75) is 44.3 Å². The van der Waals surface area contributed by atoms with Crippen LogP contribution < -0.4 is 0 Å². The monoisotopic (exact) mass is 433 g/mol. The van der Waals surface area contributed by atoms with Crippen LogP contribution in [0.25, 0.3) is 5.95 Å². The van der Waals surface area contributed by atoms with Crippen molar-refractivity contribution in [2.24, 2.45) is 0 Å². The van der Waals surface area contributed by atoms with Crippen LogP contribution in [0, 0.1) is 13.8 Å². The summed E-state index contributed by atoms with van der Waals surface area (Å²) in [4.78, 5) is 17.3. The van der Waals surface area contributed by atoms with Crippen molar-refractivity contribution in [3.8, 4) is 5.95 Å². The fraction of sp³-hybridized carbons (Fsp3) is 0.318. The molecule has 0 amide bonds. The van der Waals surface area contributed by atoms with E-state index >= 15 is 0 Å². The van der Waals surface area contributed by atoms with E-state index in [2.05, 4.69) is 42.1 Å². The Kier molecular flexibility index (Phi) is 5.19. The van der Waals surface area contributed by atoms with Crippen LogP contribution in [-0.4, -0.2) is 46.0 Å². The van der Waals surface area contributed by atoms with Gasteiger partial charge in [0.1, 0.15) is 12.2 Å². The summed E-state index contributed by atoms with van der Waals surface area (Å²) in [5, 5.41) is 16.4. The lowest BCUT2D eigenvalue weighted by atomic mass is 10.2. The summed E-state index contributed by atoms with van der Waals surface area (Å²) in [5.74, 6) is 2.49. The van der Waals surface area contributed by atoms with Crippen LogP contribution in [-0.2, 0) is 6.54 Å². The zero-order chi connectivity index (χ0) is 21.4. The zero-order valence-electron chi connectivity index (χ0n) is 17.4. The number of benzene rings is 1. The molecule has 0 spiro atoms. The van der Waals surface area contributed by atoms with E-state index in [-0.39, 0.29) is 5.78 Å². The van der Waals surface area contributed by atoms with Gasteiger partial charge in [-0.05, 0) is 38.3 Å². The molecule has 0 saturated heterocycles. The number of Topliss-reactive ketones (excluding diaryl/α,β-unsaturated/α-hetero) is 1. The first-order valence-electron chi connectivity index (χ1n) is 10.3. The Morgan fingerprint density at radius 1 is 1.19 bits per heavy atom. The predicted molar refractivity (Wildman–Crippen MR) is 118 cm³/mol. The molecule has 1 N–H and O–H groups in total. The number of hydrogen-bond acceptors (Lipinski definition) is 6. The first-order valence-corrected chi connectivity index (χ1v) is 11.3. The summed E-state index contributed by atoms with van der Waals surface area (Å²) in [6.45, 7) is 4.60. The molecule has 31 heavy (non-hydrogen) atoms. The van der Waals surface area contributed by atoms with Gasteiger partial charge < -0.3 is 4.57 Å². The van der Waals surface area contributed by atoms with Crippen molar-refractivity contribution in [1.29, 1.82) is 0 Å². The number of nitrogens with one attached hydrogen (secondary N) is 1. The van der Waals surface area contributed by atoms with Gasteiger partial charge in [0.15, 0.2) is 10.9 Å². The number of nitrogens with zero attached hydrogens (tertiary/aromatic N) is 6. The zero-order valence-corrected chi connectivity index (χ0v) is 18.3. The van der Waals surface area contributed by atoms with Gasteiger partial charge in [-0.3, -0.25) is 9.36 Å². The molecule has 0 unspecified atom stereocenters. The minimum Gasteiger partial charge on any atom is -0.301 e. The molecule has 5 rings (SSSR count).